The summed E-state index contributed by atoms with van der Waals surface area (Å²) in [7, 11) is 4.06. The van der Waals surface area contributed by atoms with Gasteiger partial charge in [0.15, 0.2) is 6.17 Å². The van der Waals surface area contributed by atoms with Crippen molar-refractivity contribution in [2.24, 2.45) is 11.7 Å². The minimum absolute atomic E-state index is 0.0244. The summed E-state index contributed by atoms with van der Waals surface area (Å²) in [5.74, 6) is -4.09. The maximum absolute atomic E-state index is 14.0. The lowest BCUT2D eigenvalue weighted by atomic mass is 10.0. The number of aliphatic carboxylic acids is 1. The highest BCUT2D eigenvalue weighted by Crippen LogP contribution is 2.21. The minimum Gasteiger partial charge on any atom is -0.480 e. The number of nitrogens with two attached hydrogens (primary N) is 1. The zero-order chi connectivity index (χ0) is 46.4. The Bertz CT molecular complexity index is 1710. The molecule has 5 amide bonds. The van der Waals surface area contributed by atoms with Crippen LogP contribution in [0.4, 0.5) is 4.79 Å². The number of carbonyl (C=O) groups excluding carboxylic acids is 5. The fourth-order valence-corrected chi connectivity index (χ4v) is 6.29. The number of ether oxygens (including phenoxy) is 2. The van der Waals surface area contributed by atoms with Crippen molar-refractivity contribution in [1.82, 2.24) is 26.6 Å². The van der Waals surface area contributed by atoms with Crippen LogP contribution < -0.4 is 37.2 Å². The van der Waals surface area contributed by atoms with Crippen LogP contribution in [0.15, 0.2) is 48.5 Å². The van der Waals surface area contributed by atoms with E-state index in [0.29, 0.717) is 31.2 Å². The lowest BCUT2D eigenvalue weighted by Gasteiger charge is -2.28. The molecule has 0 bridgehead atoms. The molecular weight excluding hydrogens is 795 g/mol. The van der Waals surface area contributed by atoms with Gasteiger partial charge in [-0.3, -0.25) is 19.2 Å². The van der Waals surface area contributed by atoms with Gasteiger partial charge in [0.2, 0.25) is 11.8 Å². The van der Waals surface area contributed by atoms with Crippen molar-refractivity contribution >= 4 is 35.7 Å². The van der Waals surface area contributed by atoms with E-state index in [4.69, 9.17) is 15.2 Å². The monoisotopic (exact) mass is 869 g/mol. The van der Waals surface area contributed by atoms with Gasteiger partial charge < -0.3 is 51.8 Å². The average molecular weight is 869 g/mol. The van der Waals surface area contributed by atoms with Gasteiger partial charge in [-0.1, -0.05) is 63.6 Å². The molecule has 16 nitrogen and oxygen atoms in total. The Labute approximate surface area is 368 Å². The average Bonchev–Trinajstić information content (AvgIpc) is 3.20. The number of hydrogen-bond donors (Lipinski definition) is 8. The predicted octanol–water partition coefficient (Wildman–Crippen LogP) is 3.32. The van der Waals surface area contributed by atoms with Crippen LogP contribution in [-0.2, 0) is 35.1 Å². The number of carboxylic acid groups (broad SMARTS) is 1. The van der Waals surface area contributed by atoms with E-state index in [-0.39, 0.29) is 25.5 Å². The summed E-state index contributed by atoms with van der Waals surface area (Å²) in [6.45, 7) is 14.2. The van der Waals surface area contributed by atoms with E-state index in [1.165, 1.54) is 10.5 Å². The first-order chi connectivity index (χ1) is 29.2. The zero-order valence-corrected chi connectivity index (χ0v) is 38.4. The number of carboxylic acids is 1. The number of quaternary nitrogens is 1. The fourth-order valence-electron chi connectivity index (χ4n) is 6.29. The van der Waals surface area contributed by atoms with Gasteiger partial charge >= 0.3 is 12.1 Å². The first kappa shape index (κ1) is 53.1. The van der Waals surface area contributed by atoms with E-state index in [0.717, 1.165) is 43.4 Å². The number of amides is 5. The van der Waals surface area contributed by atoms with Crippen LogP contribution in [0.1, 0.15) is 116 Å². The Morgan fingerprint density at radius 1 is 0.742 bits per heavy atom. The molecule has 0 heterocycles. The highest BCUT2D eigenvalue weighted by molar-refractivity contribution is 5.99. The summed E-state index contributed by atoms with van der Waals surface area (Å²) >= 11 is 0. The summed E-state index contributed by atoms with van der Waals surface area (Å²) in [4.78, 5) is 79.7. The van der Waals surface area contributed by atoms with Gasteiger partial charge in [-0.15, -0.1) is 0 Å². The second-order valence-corrected chi connectivity index (χ2v) is 17.6. The quantitative estimate of drug-likeness (QED) is 0.0482. The van der Waals surface area contributed by atoms with E-state index < -0.39 is 71.7 Å². The fraction of sp³-hybridized carbons (Fsp3) is 0.609. The summed E-state index contributed by atoms with van der Waals surface area (Å²) in [6.07, 6.45) is 2.58. The lowest BCUT2D eigenvalue weighted by molar-refractivity contribution is -0.858. The van der Waals surface area contributed by atoms with E-state index in [1.54, 1.807) is 39.8 Å². The number of aryl methyl sites for hydroxylation is 1. The zero-order valence-electron chi connectivity index (χ0n) is 38.4. The second kappa shape index (κ2) is 27.1. The van der Waals surface area contributed by atoms with Gasteiger partial charge in [-0.25, -0.2) is 9.59 Å². The Morgan fingerprint density at radius 2 is 1.34 bits per heavy atom. The molecular formula is C46H74N7O9+. The highest BCUT2D eigenvalue weighted by atomic mass is 16.6. The number of carbonyl (C=O) groups is 6. The molecule has 0 saturated heterocycles. The normalized spacial score (nSPS) is 13.9. The summed E-state index contributed by atoms with van der Waals surface area (Å²) in [6, 6.07) is 11.8. The Kier molecular flexibility index (Phi) is 23.2. The number of alkyl carbamates (subject to hydrolysis) is 1. The summed E-state index contributed by atoms with van der Waals surface area (Å²) in [5.41, 5.74) is 9.02. The van der Waals surface area contributed by atoms with Crippen molar-refractivity contribution < 1.29 is 48.2 Å². The SMILES string of the molecule is CCCCc1ccc(-c2ccc(C(=O)N[C@@H](CCCC[NH+](C)C)C(=O)N[C@H](C(=O)N[C@@H](N)C(=O)N[C@@H](CCCCNC(=O)OC(C)(C)C)C(=O)O)C(C)OCC(C)C)cc2)cc1. The molecule has 2 aromatic carbocycles. The van der Waals surface area contributed by atoms with Gasteiger partial charge in [-0.2, -0.15) is 0 Å². The third-order valence-corrected chi connectivity index (χ3v) is 9.82. The van der Waals surface area contributed by atoms with Gasteiger partial charge in [-0.05, 0) is 114 Å². The van der Waals surface area contributed by atoms with Gasteiger partial charge in [0.25, 0.3) is 11.8 Å². The van der Waals surface area contributed by atoms with Crippen LogP contribution in [-0.4, -0.2) is 111 Å². The molecule has 0 fully saturated rings. The number of unbranched alkanes of at least 4 members (excludes halogenated alkanes) is 3. The molecule has 0 aliphatic carbocycles. The third-order valence-electron chi connectivity index (χ3n) is 9.82. The minimum atomic E-state index is -1.68. The molecule has 16 heteroatoms. The van der Waals surface area contributed by atoms with Crippen LogP contribution >= 0.6 is 0 Å². The molecule has 0 spiro atoms. The van der Waals surface area contributed by atoms with Crippen molar-refractivity contribution in [2.45, 2.75) is 142 Å². The molecule has 2 rings (SSSR count). The molecule has 5 atom stereocenters. The van der Waals surface area contributed by atoms with E-state index in [9.17, 15) is 33.9 Å². The van der Waals surface area contributed by atoms with Crippen molar-refractivity contribution in [2.75, 3.05) is 33.8 Å². The van der Waals surface area contributed by atoms with Crippen molar-refractivity contribution in [1.29, 1.82) is 0 Å². The number of benzene rings is 2. The molecule has 346 valence electrons. The Morgan fingerprint density at radius 3 is 1.90 bits per heavy atom. The largest absolute Gasteiger partial charge is 0.480 e. The van der Waals surface area contributed by atoms with Crippen LogP contribution in [0, 0.1) is 5.92 Å². The number of nitrogens with one attached hydrogen (secondary N) is 6. The third kappa shape index (κ3) is 20.7. The predicted molar refractivity (Wildman–Crippen MR) is 239 cm³/mol. The van der Waals surface area contributed by atoms with E-state index >= 15 is 0 Å². The summed E-state index contributed by atoms with van der Waals surface area (Å²) in [5, 5.41) is 22.7. The summed E-state index contributed by atoms with van der Waals surface area (Å²) < 4.78 is 11.1. The first-order valence-corrected chi connectivity index (χ1v) is 22.0. The molecule has 0 aliphatic rings. The maximum atomic E-state index is 14.0. The van der Waals surface area contributed by atoms with Crippen LogP contribution in [0.5, 0.6) is 0 Å². The molecule has 1 unspecified atom stereocenters. The van der Waals surface area contributed by atoms with Gasteiger partial charge in [0.05, 0.1) is 26.7 Å². The molecule has 0 aromatic heterocycles. The number of rotatable bonds is 27. The van der Waals surface area contributed by atoms with E-state index in [2.05, 4.69) is 57.8 Å². The molecule has 0 radical (unpaired) electrons. The molecule has 2 aromatic rings. The molecule has 0 saturated carbocycles. The maximum Gasteiger partial charge on any atom is 0.407 e. The van der Waals surface area contributed by atoms with Gasteiger partial charge in [0.1, 0.15) is 23.7 Å². The van der Waals surface area contributed by atoms with Crippen molar-refractivity contribution in [3.63, 3.8) is 0 Å². The smallest absolute Gasteiger partial charge is 0.407 e. The Hall–Kier alpha value is -5.06. The lowest BCUT2D eigenvalue weighted by Crippen LogP contribution is -3.05. The standard InChI is InChI=1S/C46H73N7O9/c1-10-11-16-32-19-21-33(22-20-32)34-23-25-35(26-24-34)40(54)49-36(17-13-15-28-53(8)9)41(55)51-38(31(4)61-29-30(2)3)42(56)52-39(47)43(57)50-37(44(58)59)18-12-14-27-48-45(60)62-46(5,6)7/h19-26,30-31,36-39H,10-18,27-29,47H2,1-9H3,(H,48,60)(H,49,54)(H,50,57)(H,51,55)(H,52,56)(H,58,59)/p+1/t31?,36-,37-,38-,39+/m0/s1. The Balaban J connectivity index is 2.18. The van der Waals surface area contributed by atoms with Crippen molar-refractivity contribution in [3.05, 3.63) is 59.7 Å². The van der Waals surface area contributed by atoms with Crippen molar-refractivity contribution in [3.8, 4) is 11.1 Å². The van der Waals surface area contributed by atoms with E-state index in [1.807, 2.05) is 40.1 Å². The highest BCUT2D eigenvalue weighted by Gasteiger charge is 2.34. The van der Waals surface area contributed by atoms with Gasteiger partial charge in [0, 0.05) is 18.7 Å². The molecule has 9 N–H and O–H groups in total. The first-order valence-electron chi connectivity index (χ1n) is 22.0. The molecule has 0 aliphatic heterocycles. The number of hydrogen-bond acceptors (Lipinski definition) is 9. The second-order valence-electron chi connectivity index (χ2n) is 17.6. The van der Waals surface area contributed by atoms with Crippen LogP contribution in [0.2, 0.25) is 0 Å². The molecule has 62 heavy (non-hydrogen) atoms. The van der Waals surface area contributed by atoms with Crippen LogP contribution in [0.3, 0.4) is 0 Å². The topological polar surface area (TPSA) is 232 Å². The van der Waals surface area contributed by atoms with Crippen LogP contribution in [0.25, 0.3) is 11.1 Å².